The standard InChI is InChI=1S/C24H44P.C18H13BO3/c1-5-13-21(14-6-1)25(22-15-7-2-8-16-22,23-17-9-3-10-18-23)24-19-11-4-12-20-24;20-19(21)22-17-7-3-6-12-8-9-15-10-13-4-1-2-5-14(13)11-16(15)18(12)17/h21-24H,1-20H2;1-11,20-21H/q+1;. The SMILES string of the molecule is C1CCC([P+](C2CCCCC2)(C2CCCCC2)C2CCCCC2)CC1.OB(O)Oc1cccc2ccc3cc4ccccc4cc3c12. The van der Waals surface area contributed by atoms with Gasteiger partial charge in [-0.2, -0.15) is 0 Å². The van der Waals surface area contributed by atoms with Crippen LogP contribution in [0.1, 0.15) is 128 Å². The van der Waals surface area contributed by atoms with Crippen molar-refractivity contribution in [2.24, 2.45) is 0 Å². The van der Waals surface area contributed by atoms with Gasteiger partial charge in [0.15, 0.2) is 0 Å². The molecule has 4 aliphatic carbocycles. The summed E-state index contributed by atoms with van der Waals surface area (Å²) in [6, 6.07) is 22.1. The molecule has 4 aromatic rings. The molecule has 0 aromatic heterocycles. The van der Waals surface area contributed by atoms with Crippen LogP contribution in [0.15, 0.2) is 66.7 Å². The third kappa shape index (κ3) is 7.13. The fourth-order valence-corrected chi connectivity index (χ4v) is 19.5. The molecule has 250 valence electrons. The molecule has 4 aliphatic rings. The normalized spacial score (nSPS) is 21.1. The third-order valence-corrected chi connectivity index (χ3v) is 19.9. The Hall–Kier alpha value is -2.13. The summed E-state index contributed by atoms with van der Waals surface area (Å²) >= 11 is 0. The molecule has 47 heavy (non-hydrogen) atoms. The molecule has 4 fully saturated rings. The zero-order valence-electron chi connectivity index (χ0n) is 28.6. The van der Waals surface area contributed by atoms with Gasteiger partial charge in [-0.15, -0.1) is 0 Å². The summed E-state index contributed by atoms with van der Waals surface area (Å²) in [6.07, 6.45) is 32.1. The first-order valence-corrected chi connectivity index (χ1v) is 21.5. The van der Waals surface area contributed by atoms with E-state index in [1.807, 2.05) is 30.3 Å². The molecule has 5 heteroatoms. The Morgan fingerprint density at radius 3 is 1.36 bits per heavy atom. The van der Waals surface area contributed by atoms with Crippen LogP contribution in [0, 0.1) is 0 Å². The van der Waals surface area contributed by atoms with Crippen LogP contribution in [-0.4, -0.2) is 40.0 Å². The van der Waals surface area contributed by atoms with Crippen molar-refractivity contribution < 1.29 is 14.7 Å². The van der Waals surface area contributed by atoms with E-state index < -0.39 is 14.6 Å². The van der Waals surface area contributed by atoms with Crippen molar-refractivity contribution in [2.45, 2.75) is 151 Å². The van der Waals surface area contributed by atoms with Crippen LogP contribution in [0.4, 0.5) is 0 Å². The average Bonchev–Trinajstić information content (AvgIpc) is 3.13. The Labute approximate surface area is 284 Å². The minimum atomic E-state index is -1.83. The van der Waals surface area contributed by atoms with Crippen LogP contribution in [0.25, 0.3) is 32.3 Å². The average molecular weight is 652 g/mol. The van der Waals surface area contributed by atoms with Crippen molar-refractivity contribution in [1.82, 2.24) is 0 Å². The molecule has 8 rings (SSSR count). The van der Waals surface area contributed by atoms with Gasteiger partial charge in [0.1, 0.15) is 5.75 Å². The Bertz CT molecular complexity index is 1520. The Morgan fingerprint density at radius 1 is 0.468 bits per heavy atom. The lowest BCUT2D eigenvalue weighted by molar-refractivity contribution is 0.289. The van der Waals surface area contributed by atoms with Crippen molar-refractivity contribution in [3.8, 4) is 5.75 Å². The second kappa shape index (κ2) is 15.6. The van der Waals surface area contributed by atoms with Gasteiger partial charge in [0.25, 0.3) is 0 Å². The minimum absolute atomic E-state index is 0.466. The van der Waals surface area contributed by atoms with Crippen LogP contribution >= 0.6 is 7.26 Å². The third-order valence-electron chi connectivity index (χ3n) is 12.7. The predicted molar refractivity (Wildman–Crippen MR) is 204 cm³/mol. The second-order valence-corrected chi connectivity index (χ2v) is 20.1. The summed E-state index contributed by atoms with van der Waals surface area (Å²) in [5.74, 6) is 0.466. The lowest BCUT2D eigenvalue weighted by atomic mass is 9.97. The van der Waals surface area contributed by atoms with Gasteiger partial charge in [0.2, 0.25) is 0 Å². The van der Waals surface area contributed by atoms with Crippen molar-refractivity contribution in [1.29, 1.82) is 0 Å². The molecule has 0 spiro atoms. The highest BCUT2D eigenvalue weighted by atomic mass is 31.2. The maximum absolute atomic E-state index is 9.14. The zero-order chi connectivity index (χ0) is 32.1. The monoisotopic (exact) mass is 651 g/mol. The van der Waals surface area contributed by atoms with E-state index in [4.69, 9.17) is 14.7 Å². The quantitative estimate of drug-likeness (QED) is 0.0944. The Morgan fingerprint density at radius 2 is 0.894 bits per heavy atom. The van der Waals surface area contributed by atoms with Crippen LogP contribution < -0.4 is 4.65 Å². The van der Waals surface area contributed by atoms with Gasteiger partial charge in [-0.25, -0.2) is 0 Å². The first-order chi connectivity index (χ1) is 23.1. The molecule has 0 saturated heterocycles. The largest absolute Gasteiger partial charge is 0.707 e. The van der Waals surface area contributed by atoms with Crippen LogP contribution in [0.5, 0.6) is 5.75 Å². The molecule has 0 aliphatic heterocycles. The highest BCUT2D eigenvalue weighted by Crippen LogP contribution is 2.81. The second-order valence-electron chi connectivity index (χ2n) is 15.3. The van der Waals surface area contributed by atoms with Crippen molar-refractivity contribution in [3.63, 3.8) is 0 Å². The molecular weight excluding hydrogens is 594 g/mol. The lowest BCUT2D eigenvalue weighted by Crippen LogP contribution is -2.42. The van der Waals surface area contributed by atoms with E-state index in [2.05, 4.69) is 30.3 Å². The summed E-state index contributed by atoms with van der Waals surface area (Å²) in [7, 11) is -2.63. The fourth-order valence-electron chi connectivity index (χ4n) is 10.9. The first kappa shape index (κ1) is 33.4. The minimum Gasteiger partial charge on any atom is -0.511 e. The summed E-state index contributed by atoms with van der Waals surface area (Å²) in [6.45, 7) is 0. The molecule has 4 aromatic carbocycles. The molecule has 0 bridgehead atoms. The van der Waals surface area contributed by atoms with E-state index >= 15 is 0 Å². The maximum atomic E-state index is 9.14. The number of benzene rings is 4. The molecule has 0 heterocycles. The molecule has 0 unspecified atom stereocenters. The highest BCUT2D eigenvalue weighted by Gasteiger charge is 2.61. The van der Waals surface area contributed by atoms with Gasteiger partial charge in [-0.1, -0.05) is 74.2 Å². The van der Waals surface area contributed by atoms with E-state index in [1.54, 1.807) is 134 Å². The number of hydrogen-bond donors (Lipinski definition) is 2. The van der Waals surface area contributed by atoms with Gasteiger partial charge in [-0.3, -0.25) is 0 Å². The topological polar surface area (TPSA) is 49.7 Å². The predicted octanol–water partition coefficient (Wildman–Crippen LogP) is 11.8. The van der Waals surface area contributed by atoms with Crippen LogP contribution in [0.3, 0.4) is 0 Å². The van der Waals surface area contributed by atoms with Gasteiger partial charge >= 0.3 is 7.32 Å². The molecule has 4 saturated carbocycles. The highest BCUT2D eigenvalue weighted by molar-refractivity contribution is 7.78. The number of fused-ring (bicyclic) bond motifs is 4. The van der Waals surface area contributed by atoms with Crippen LogP contribution in [0.2, 0.25) is 0 Å². The summed E-state index contributed by atoms with van der Waals surface area (Å²) in [5, 5.41) is 24.6. The molecule has 2 N–H and O–H groups in total. The van der Waals surface area contributed by atoms with E-state index in [0.29, 0.717) is 5.75 Å². The summed E-state index contributed by atoms with van der Waals surface area (Å²) < 4.78 is 5.16. The van der Waals surface area contributed by atoms with Gasteiger partial charge in [-0.05, 0) is 148 Å². The van der Waals surface area contributed by atoms with Crippen LogP contribution in [-0.2, 0) is 0 Å². The molecule has 0 radical (unpaired) electrons. The number of rotatable bonds is 6. The fraction of sp³-hybridized carbons (Fsp3) is 0.571. The lowest BCUT2D eigenvalue weighted by Gasteiger charge is -2.53. The van der Waals surface area contributed by atoms with Crippen molar-refractivity contribution in [3.05, 3.63) is 66.7 Å². The smallest absolute Gasteiger partial charge is 0.511 e. The zero-order valence-corrected chi connectivity index (χ0v) is 29.5. The van der Waals surface area contributed by atoms with E-state index in [9.17, 15) is 0 Å². The number of hydrogen-bond acceptors (Lipinski definition) is 3. The molecule has 3 nitrogen and oxygen atoms in total. The Kier molecular flexibility index (Phi) is 11.1. The van der Waals surface area contributed by atoms with E-state index in [0.717, 1.165) is 26.9 Å². The molecular formula is C42H57BO3P+. The van der Waals surface area contributed by atoms with E-state index in [-0.39, 0.29) is 0 Å². The van der Waals surface area contributed by atoms with Gasteiger partial charge in [0.05, 0.1) is 22.6 Å². The maximum Gasteiger partial charge on any atom is 0.707 e. The summed E-state index contributed by atoms with van der Waals surface area (Å²) in [5.41, 5.74) is 4.87. The first-order valence-electron chi connectivity index (χ1n) is 19.4. The van der Waals surface area contributed by atoms with Gasteiger partial charge in [0, 0.05) is 12.6 Å². The Balaban J connectivity index is 0.000000151. The molecule has 0 amide bonds. The molecule has 0 atom stereocenters. The van der Waals surface area contributed by atoms with Crippen molar-refractivity contribution >= 4 is 46.9 Å². The van der Waals surface area contributed by atoms with Gasteiger partial charge < -0.3 is 14.7 Å². The van der Waals surface area contributed by atoms with E-state index in [1.165, 1.54) is 28.0 Å². The summed E-state index contributed by atoms with van der Waals surface area (Å²) in [4.78, 5) is 0. The van der Waals surface area contributed by atoms with Crippen molar-refractivity contribution in [2.75, 3.05) is 0 Å².